The van der Waals surface area contributed by atoms with Gasteiger partial charge in [-0.05, 0) is 81.4 Å². The van der Waals surface area contributed by atoms with E-state index < -0.39 is 60.4 Å². The molecular formula is C54H42N4OPt-2. The van der Waals surface area contributed by atoms with Gasteiger partial charge in [-0.2, -0.15) is 18.2 Å². The van der Waals surface area contributed by atoms with Gasteiger partial charge < -0.3 is 13.9 Å². The van der Waals surface area contributed by atoms with Crippen LogP contribution in [-0.2, 0) is 21.1 Å². The number of rotatable bonds is 9. The van der Waals surface area contributed by atoms with Gasteiger partial charge in [0.2, 0.25) is 0 Å². The number of pyridine rings is 1. The summed E-state index contributed by atoms with van der Waals surface area (Å²) in [5.74, 6) is 2.34. The summed E-state index contributed by atoms with van der Waals surface area (Å²) in [5.41, 5.74) is 5.65. The van der Waals surface area contributed by atoms with Crippen LogP contribution in [0.25, 0.3) is 72.3 Å². The number of hydrogen-bond donors (Lipinski definition) is 0. The molecule has 0 spiro atoms. The molecule has 5 nitrogen and oxygen atoms in total. The molecule has 0 bridgehead atoms. The molecule has 0 aliphatic rings. The van der Waals surface area contributed by atoms with E-state index in [1.54, 1.807) is 33.4 Å². The maximum absolute atomic E-state index is 9.03. The number of benzene rings is 7. The third-order valence-corrected chi connectivity index (χ3v) is 11.0. The molecule has 3 aromatic heterocycles. The maximum atomic E-state index is 9.03. The molecule has 0 N–H and O–H groups in total. The molecule has 1 unspecified atom stereocenters. The Morgan fingerprint density at radius 2 is 1.35 bits per heavy atom. The molecular weight excluding hydrogens is 916 g/mol. The topological polar surface area (TPSA) is 35.9 Å². The Kier molecular flexibility index (Phi) is 7.80. The molecule has 7 aromatic carbocycles. The predicted octanol–water partition coefficient (Wildman–Crippen LogP) is 13.0. The van der Waals surface area contributed by atoms with Gasteiger partial charge in [0.05, 0.1) is 30.4 Å². The van der Waals surface area contributed by atoms with E-state index in [0.717, 1.165) is 33.2 Å². The molecule has 0 saturated heterocycles. The van der Waals surface area contributed by atoms with Crippen LogP contribution in [0.3, 0.4) is 0 Å². The smallest absolute Gasteiger partial charge is 0.268 e. The van der Waals surface area contributed by atoms with Crippen molar-refractivity contribution in [2.75, 3.05) is 0 Å². The summed E-state index contributed by atoms with van der Waals surface area (Å²) < 4.78 is 99.2. The van der Waals surface area contributed by atoms with E-state index in [-0.39, 0.29) is 49.0 Å². The van der Waals surface area contributed by atoms with E-state index in [1.807, 2.05) is 67.7 Å². The largest absolute Gasteiger partial charge is 0.510 e. The summed E-state index contributed by atoms with van der Waals surface area (Å²) in [5, 5.41) is 2.04. The molecule has 0 aliphatic heterocycles. The summed E-state index contributed by atoms with van der Waals surface area (Å²) in [7, 11) is 0. The van der Waals surface area contributed by atoms with Crippen molar-refractivity contribution in [3.05, 3.63) is 199 Å². The van der Waals surface area contributed by atoms with Gasteiger partial charge in [-0.1, -0.05) is 141 Å². The van der Waals surface area contributed by atoms with Crippen molar-refractivity contribution in [2.24, 2.45) is 5.92 Å². The van der Waals surface area contributed by atoms with Crippen LogP contribution in [0.1, 0.15) is 51.5 Å². The minimum absolute atomic E-state index is 0. The Balaban J connectivity index is 0.00000608. The number of aromatic nitrogens is 4. The van der Waals surface area contributed by atoms with Crippen molar-refractivity contribution in [3.8, 4) is 50.9 Å². The number of imidazole rings is 1. The van der Waals surface area contributed by atoms with Crippen LogP contribution in [0.15, 0.2) is 170 Å². The van der Waals surface area contributed by atoms with Crippen molar-refractivity contribution in [2.45, 2.75) is 33.6 Å². The normalized spacial score (nSPS) is 14.3. The van der Waals surface area contributed by atoms with Crippen molar-refractivity contribution in [1.82, 2.24) is 14.1 Å². The van der Waals surface area contributed by atoms with E-state index in [4.69, 9.17) is 23.4 Å². The van der Waals surface area contributed by atoms with E-state index >= 15 is 0 Å². The Bertz CT molecular complexity index is 3610. The molecule has 6 heteroatoms. The van der Waals surface area contributed by atoms with Crippen LogP contribution in [0.2, 0.25) is 0 Å². The van der Waals surface area contributed by atoms with Crippen molar-refractivity contribution < 1.29 is 44.1 Å². The van der Waals surface area contributed by atoms with Crippen LogP contribution in [0.5, 0.6) is 11.5 Å². The standard InChI is InChI=1S/C54H42N4O.Pt/c1-36(2)38(4)41-30-31-55-52(32-41)58-49-26-12-11-23-47(49)48-29-28-44(34-51(48)58)59-43-22-14-21-42(33-43)56-35-57(53-37(3)16-13-27-50(53)56)54-45(39-17-7-5-8-18-39)24-15-25-46(54)40-19-9-6-10-20-40;/h5-32,36,38H,1-4H3;/q-2;/i5D,6D,7D,8D,9D,10D,17D,18D,19D,20D;. The van der Waals surface area contributed by atoms with Gasteiger partial charge in [0.25, 0.3) is 6.33 Å². The fraction of sp³-hybridized carbons (Fsp3) is 0.111. The quantitative estimate of drug-likeness (QED) is 0.107. The fourth-order valence-electron chi connectivity index (χ4n) is 7.76. The fourth-order valence-corrected chi connectivity index (χ4v) is 7.76. The Hall–Kier alpha value is -6.55. The number of hydrogen-bond acceptors (Lipinski definition) is 2. The molecule has 10 aromatic rings. The summed E-state index contributed by atoms with van der Waals surface area (Å²) >= 11 is 0. The number of ether oxygens (including phenoxy) is 1. The maximum Gasteiger partial charge on any atom is 0.268 e. The average molecular weight is 968 g/mol. The summed E-state index contributed by atoms with van der Waals surface area (Å²) in [6.07, 6.45) is 5.29. The summed E-state index contributed by atoms with van der Waals surface area (Å²) in [4.78, 5) is 4.82. The second-order valence-corrected chi connectivity index (χ2v) is 14.8. The minimum Gasteiger partial charge on any atom is -0.510 e. The molecule has 0 saturated carbocycles. The second kappa shape index (κ2) is 16.2. The number of fused-ring (bicyclic) bond motifs is 4. The molecule has 0 radical (unpaired) electrons. The summed E-state index contributed by atoms with van der Waals surface area (Å²) in [6.45, 7) is 8.53. The third-order valence-electron chi connectivity index (χ3n) is 11.0. The van der Waals surface area contributed by atoms with E-state index in [9.17, 15) is 0 Å². The van der Waals surface area contributed by atoms with Gasteiger partial charge in [0.15, 0.2) is 0 Å². The van der Waals surface area contributed by atoms with E-state index in [0.29, 0.717) is 40.1 Å². The zero-order chi connectivity index (χ0) is 48.7. The van der Waals surface area contributed by atoms with Gasteiger partial charge in [0, 0.05) is 44.3 Å². The molecule has 0 amide bonds. The SMILES string of the molecule is [2H]c1c([2H])c([2H])c(-c2cccc(-c3c([2H])c([2H])c([2H])c([2H])c3[2H])c2-[n+]2[c-]n(-c3[c-]c(Oc4[c-]c5c(cc4)c4ccccc4n5-c4cc(C(C)C(C)C)ccn4)ccc3)c3cccc(C)c32)c([2H])c1[2H].[Pt]. The van der Waals surface area contributed by atoms with Crippen LogP contribution < -0.4 is 9.30 Å². The molecule has 60 heavy (non-hydrogen) atoms. The number of para-hydroxylation sites is 3. The van der Waals surface area contributed by atoms with Crippen LogP contribution in [0, 0.1) is 31.3 Å². The number of nitrogens with zero attached hydrogens (tertiary/aromatic N) is 4. The Labute approximate surface area is 379 Å². The van der Waals surface area contributed by atoms with Crippen molar-refractivity contribution >= 4 is 32.8 Å². The van der Waals surface area contributed by atoms with Crippen molar-refractivity contribution in [3.63, 3.8) is 0 Å². The van der Waals surface area contributed by atoms with Crippen molar-refractivity contribution in [1.29, 1.82) is 0 Å². The van der Waals surface area contributed by atoms with E-state index in [2.05, 4.69) is 68.1 Å². The van der Waals surface area contributed by atoms with Crippen LogP contribution in [0.4, 0.5) is 0 Å². The first-order chi connectivity index (χ1) is 33.1. The average Bonchev–Trinajstić information content (AvgIpc) is 3.90. The zero-order valence-electron chi connectivity index (χ0n) is 43.1. The first-order valence-corrected chi connectivity index (χ1v) is 19.4. The summed E-state index contributed by atoms with van der Waals surface area (Å²) in [6, 6.07) is 33.8. The van der Waals surface area contributed by atoms with Crippen LogP contribution in [-0.4, -0.2) is 14.1 Å². The zero-order valence-corrected chi connectivity index (χ0v) is 35.3. The molecule has 10 rings (SSSR count). The second-order valence-electron chi connectivity index (χ2n) is 14.8. The van der Waals surface area contributed by atoms with Crippen LogP contribution >= 0.6 is 0 Å². The first-order valence-electron chi connectivity index (χ1n) is 24.4. The first kappa shape index (κ1) is 28.8. The third kappa shape index (κ3) is 6.93. The Morgan fingerprint density at radius 3 is 2.08 bits per heavy atom. The van der Waals surface area contributed by atoms with Gasteiger partial charge in [-0.15, -0.1) is 29.7 Å². The molecule has 0 fully saturated rings. The molecule has 296 valence electrons. The van der Waals surface area contributed by atoms with Gasteiger partial charge in [-0.25, -0.2) is 4.98 Å². The predicted molar refractivity (Wildman–Crippen MR) is 239 cm³/mol. The number of aryl methyl sites for hydroxylation is 1. The molecule has 0 aliphatic carbocycles. The minimum atomic E-state index is -0.570. The molecule has 1 atom stereocenters. The van der Waals surface area contributed by atoms with Gasteiger partial charge >= 0.3 is 0 Å². The van der Waals surface area contributed by atoms with E-state index in [1.165, 1.54) is 5.56 Å². The van der Waals surface area contributed by atoms with Gasteiger partial charge in [-0.3, -0.25) is 4.57 Å². The van der Waals surface area contributed by atoms with Gasteiger partial charge in [0.1, 0.15) is 5.82 Å². The monoisotopic (exact) mass is 967 g/mol. The Morgan fingerprint density at radius 1 is 0.683 bits per heavy atom. The molecule has 3 heterocycles.